The molecule has 1 aromatic carbocycles. The first-order chi connectivity index (χ1) is 6.61. The first kappa shape index (κ1) is 20.8. The summed E-state index contributed by atoms with van der Waals surface area (Å²) < 4.78 is 0. The van der Waals surface area contributed by atoms with Crippen molar-refractivity contribution in [2.45, 2.75) is 26.7 Å². The van der Waals surface area contributed by atoms with Crippen LogP contribution < -0.4 is 10.6 Å². The summed E-state index contributed by atoms with van der Waals surface area (Å²) in [5, 5.41) is 0. The van der Waals surface area contributed by atoms with E-state index < -0.39 is 0 Å². The maximum atomic E-state index is 5.51. The number of nitrogen functional groups attached to an aromatic ring is 1. The molecule has 0 amide bonds. The van der Waals surface area contributed by atoms with E-state index in [4.69, 9.17) is 5.73 Å². The number of rotatable bonds is 2. The molecule has 2 N–H and O–H groups in total. The van der Waals surface area contributed by atoms with Gasteiger partial charge in [0.15, 0.2) is 0 Å². The van der Waals surface area contributed by atoms with Gasteiger partial charge in [-0.3, -0.25) is 0 Å². The lowest BCUT2D eigenvalue weighted by atomic mass is 10.3. The van der Waals surface area contributed by atoms with E-state index in [-0.39, 0.29) is 24.8 Å². The van der Waals surface area contributed by atoms with Crippen LogP contribution in [-0.4, -0.2) is 14.1 Å². The second-order valence-electron chi connectivity index (χ2n) is 3.49. The molecule has 0 spiro atoms. The highest BCUT2D eigenvalue weighted by atomic mass is 35.5. The number of nitrogens with zero attached hydrogens (tertiary/aromatic N) is 1. The summed E-state index contributed by atoms with van der Waals surface area (Å²) in [4.78, 5) is 2.04. The predicted octanol–water partition coefficient (Wildman–Crippen LogP) is 3.98. The van der Waals surface area contributed by atoms with Crippen LogP contribution in [0.2, 0.25) is 0 Å². The van der Waals surface area contributed by atoms with Crippen LogP contribution in [0.25, 0.3) is 0 Å². The van der Waals surface area contributed by atoms with E-state index >= 15 is 0 Å². The first-order valence-electron chi connectivity index (χ1n) is 5.14. The zero-order valence-electron chi connectivity index (χ0n) is 10.6. The Morgan fingerprint density at radius 2 is 1.31 bits per heavy atom. The van der Waals surface area contributed by atoms with Crippen molar-refractivity contribution in [3.63, 3.8) is 0 Å². The quantitative estimate of drug-likeness (QED) is 0.821. The van der Waals surface area contributed by atoms with Crippen molar-refractivity contribution in [3.05, 3.63) is 24.3 Å². The fourth-order valence-corrected chi connectivity index (χ4v) is 0.772. The lowest BCUT2D eigenvalue weighted by Gasteiger charge is -2.11. The third-order valence-electron chi connectivity index (χ3n) is 1.91. The van der Waals surface area contributed by atoms with Gasteiger partial charge in [-0.1, -0.05) is 26.7 Å². The molecule has 0 radical (unpaired) electrons. The maximum Gasteiger partial charge on any atom is 0.0362 e. The largest absolute Gasteiger partial charge is 0.399 e. The lowest BCUT2D eigenvalue weighted by Crippen LogP contribution is -2.08. The first-order valence-corrected chi connectivity index (χ1v) is 5.14. The maximum absolute atomic E-state index is 5.51. The van der Waals surface area contributed by atoms with E-state index in [1.807, 2.05) is 43.3 Å². The zero-order valence-corrected chi connectivity index (χ0v) is 12.2. The highest BCUT2D eigenvalue weighted by molar-refractivity contribution is 5.85. The van der Waals surface area contributed by atoms with Crippen molar-refractivity contribution in [2.24, 2.45) is 0 Å². The number of anilines is 2. The molecule has 0 unspecified atom stereocenters. The number of halogens is 2. The van der Waals surface area contributed by atoms with Crippen molar-refractivity contribution in [1.82, 2.24) is 0 Å². The molecule has 96 valence electrons. The summed E-state index contributed by atoms with van der Waals surface area (Å²) in [6, 6.07) is 7.79. The van der Waals surface area contributed by atoms with Gasteiger partial charge in [0.25, 0.3) is 0 Å². The Balaban J connectivity index is -0.000000249. The molecule has 0 aliphatic heterocycles. The Bertz CT molecular complexity index is 233. The number of benzene rings is 1. The second-order valence-corrected chi connectivity index (χ2v) is 3.49. The van der Waals surface area contributed by atoms with Crippen molar-refractivity contribution in [3.8, 4) is 0 Å². The van der Waals surface area contributed by atoms with Gasteiger partial charge in [-0.05, 0) is 24.3 Å². The summed E-state index contributed by atoms with van der Waals surface area (Å²) in [5.41, 5.74) is 7.49. The van der Waals surface area contributed by atoms with E-state index in [2.05, 4.69) is 13.8 Å². The van der Waals surface area contributed by atoms with Crippen molar-refractivity contribution >= 4 is 36.2 Å². The highest BCUT2D eigenvalue weighted by Gasteiger charge is 1.91. The second kappa shape index (κ2) is 12.5. The molecular formula is C12H24Cl2N2. The average molecular weight is 267 g/mol. The Kier molecular flexibility index (Phi) is 16.2. The summed E-state index contributed by atoms with van der Waals surface area (Å²) in [6.07, 6.45) is 2.64. The van der Waals surface area contributed by atoms with Gasteiger partial charge in [-0.2, -0.15) is 0 Å². The number of nitrogens with two attached hydrogens (primary N) is 1. The SMILES string of the molecule is CCCC.CN(C)c1ccc(N)cc1.Cl.Cl. The van der Waals surface area contributed by atoms with Crippen LogP contribution in [0, 0.1) is 0 Å². The monoisotopic (exact) mass is 266 g/mol. The average Bonchev–Trinajstić information content (AvgIpc) is 2.19. The molecule has 4 heteroatoms. The van der Waals surface area contributed by atoms with Gasteiger partial charge in [0, 0.05) is 25.5 Å². The van der Waals surface area contributed by atoms with Crippen LogP contribution in [0.4, 0.5) is 11.4 Å². The minimum absolute atomic E-state index is 0. The molecule has 0 bridgehead atoms. The third kappa shape index (κ3) is 9.94. The van der Waals surface area contributed by atoms with Crippen LogP contribution >= 0.6 is 24.8 Å². The molecule has 16 heavy (non-hydrogen) atoms. The molecule has 0 saturated heterocycles. The molecule has 0 aromatic heterocycles. The highest BCUT2D eigenvalue weighted by Crippen LogP contribution is 2.12. The molecule has 1 aromatic rings. The van der Waals surface area contributed by atoms with Gasteiger partial charge >= 0.3 is 0 Å². The minimum Gasteiger partial charge on any atom is -0.399 e. The number of hydrogen-bond acceptors (Lipinski definition) is 2. The smallest absolute Gasteiger partial charge is 0.0362 e. The molecule has 0 atom stereocenters. The molecule has 0 aliphatic rings. The molecule has 1 rings (SSSR count). The minimum atomic E-state index is 0. The van der Waals surface area contributed by atoms with Crippen LogP contribution in [0.5, 0.6) is 0 Å². The number of hydrogen-bond donors (Lipinski definition) is 1. The summed E-state index contributed by atoms with van der Waals surface area (Å²) in [6.45, 7) is 4.36. The number of unbranched alkanes of at least 4 members (excludes halogenated alkanes) is 1. The zero-order chi connectivity index (χ0) is 11.0. The van der Waals surface area contributed by atoms with Gasteiger partial charge in [0.05, 0.1) is 0 Å². The molecule has 2 nitrogen and oxygen atoms in total. The Hall–Kier alpha value is -0.600. The van der Waals surface area contributed by atoms with Gasteiger partial charge in [0.2, 0.25) is 0 Å². The van der Waals surface area contributed by atoms with Gasteiger partial charge in [0.1, 0.15) is 0 Å². The van der Waals surface area contributed by atoms with Gasteiger partial charge in [-0.15, -0.1) is 24.8 Å². The van der Waals surface area contributed by atoms with Crippen LogP contribution in [0.15, 0.2) is 24.3 Å². The predicted molar refractivity (Wildman–Crippen MR) is 80.3 cm³/mol. The molecule has 0 aliphatic carbocycles. The van der Waals surface area contributed by atoms with E-state index in [1.54, 1.807) is 0 Å². The normalized spacial score (nSPS) is 7.75. The van der Waals surface area contributed by atoms with Crippen LogP contribution in [0.3, 0.4) is 0 Å². The van der Waals surface area contributed by atoms with E-state index in [9.17, 15) is 0 Å². The summed E-state index contributed by atoms with van der Waals surface area (Å²) in [5.74, 6) is 0. The molecule has 0 heterocycles. The van der Waals surface area contributed by atoms with Gasteiger partial charge < -0.3 is 10.6 Å². The fourth-order valence-electron chi connectivity index (χ4n) is 0.772. The Morgan fingerprint density at radius 3 is 1.56 bits per heavy atom. The van der Waals surface area contributed by atoms with E-state index in [0.29, 0.717) is 0 Å². The topological polar surface area (TPSA) is 29.3 Å². The summed E-state index contributed by atoms with van der Waals surface area (Å²) in [7, 11) is 4.01. The Morgan fingerprint density at radius 1 is 0.938 bits per heavy atom. The van der Waals surface area contributed by atoms with Crippen LogP contribution in [0.1, 0.15) is 26.7 Å². The van der Waals surface area contributed by atoms with Crippen molar-refractivity contribution in [2.75, 3.05) is 24.7 Å². The standard InChI is InChI=1S/C8H12N2.C4H10.2ClH/c1-10(2)8-5-3-7(9)4-6-8;1-3-4-2;;/h3-6H,9H2,1-2H3;3-4H2,1-2H3;2*1H. The fraction of sp³-hybridized carbons (Fsp3) is 0.500. The van der Waals surface area contributed by atoms with E-state index in [1.165, 1.54) is 18.5 Å². The lowest BCUT2D eigenvalue weighted by molar-refractivity contribution is 0.886. The summed E-state index contributed by atoms with van der Waals surface area (Å²) >= 11 is 0. The van der Waals surface area contributed by atoms with Crippen molar-refractivity contribution < 1.29 is 0 Å². The van der Waals surface area contributed by atoms with Crippen LogP contribution in [-0.2, 0) is 0 Å². The van der Waals surface area contributed by atoms with E-state index in [0.717, 1.165) is 5.69 Å². The Labute approximate surface area is 112 Å². The van der Waals surface area contributed by atoms with Crippen molar-refractivity contribution in [1.29, 1.82) is 0 Å². The van der Waals surface area contributed by atoms with Gasteiger partial charge in [-0.25, -0.2) is 0 Å². The molecular weight excluding hydrogens is 243 g/mol. The third-order valence-corrected chi connectivity index (χ3v) is 1.91. The molecule has 0 saturated carbocycles. The molecule has 0 fully saturated rings.